The molecule has 0 saturated carbocycles. The number of carbonyl (C=O) groups is 2. The number of methoxy groups -OCH3 is 1. The van der Waals surface area contributed by atoms with Crippen LogP contribution in [0.5, 0.6) is 5.75 Å². The Balaban J connectivity index is 1.41. The summed E-state index contributed by atoms with van der Waals surface area (Å²) >= 11 is 1.47. The van der Waals surface area contributed by atoms with Crippen LogP contribution in [0, 0.1) is 0 Å². The van der Waals surface area contributed by atoms with Crippen molar-refractivity contribution < 1.29 is 19.1 Å². The summed E-state index contributed by atoms with van der Waals surface area (Å²) in [5.41, 5.74) is 2.47. The van der Waals surface area contributed by atoms with E-state index in [2.05, 4.69) is 10.1 Å². The molecule has 0 N–H and O–H groups in total. The van der Waals surface area contributed by atoms with Crippen LogP contribution in [0.2, 0.25) is 0 Å². The number of carbonyl (C=O) groups excluding carboxylic acids is 2. The number of para-hydroxylation sites is 1. The molecule has 1 aromatic heterocycles. The number of ether oxygens (including phenoxy) is 2. The van der Waals surface area contributed by atoms with E-state index in [0.29, 0.717) is 11.4 Å². The van der Waals surface area contributed by atoms with Crippen LogP contribution in [0.4, 0.5) is 5.69 Å². The summed E-state index contributed by atoms with van der Waals surface area (Å²) in [4.78, 5) is 29.2. The van der Waals surface area contributed by atoms with Crippen LogP contribution < -0.4 is 9.75 Å². The third kappa shape index (κ3) is 4.38. The monoisotopic (exact) mass is 421 g/mol. The molecule has 0 atom stereocenters. The number of benzene rings is 2. The lowest BCUT2D eigenvalue weighted by atomic mass is 10.1. The number of nitrogens with zero attached hydrogens (tertiary/aromatic N) is 3. The van der Waals surface area contributed by atoms with E-state index in [9.17, 15) is 9.59 Å². The van der Waals surface area contributed by atoms with Crippen LogP contribution in [0.25, 0.3) is 10.6 Å². The lowest BCUT2D eigenvalue weighted by Crippen LogP contribution is -2.34. The number of esters is 1. The molecule has 0 unspecified atom stereocenters. The Morgan fingerprint density at radius 2 is 1.87 bits per heavy atom. The average Bonchev–Trinajstić information content (AvgIpc) is 3.27. The second kappa shape index (κ2) is 8.87. The molecule has 4 rings (SSSR count). The van der Waals surface area contributed by atoms with Crippen molar-refractivity contribution >= 4 is 34.6 Å². The average molecular weight is 421 g/mol. The topological polar surface area (TPSA) is 81.1 Å². The summed E-state index contributed by atoms with van der Waals surface area (Å²) in [5, 5.41) is 8.15. The van der Waals surface area contributed by atoms with Gasteiger partial charge < -0.3 is 9.47 Å². The van der Waals surface area contributed by atoms with Crippen LogP contribution in [0.3, 0.4) is 0 Å². The van der Waals surface area contributed by atoms with Crippen molar-refractivity contribution in [1.82, 2.24) is 4.98 Å². The highest BCUT2D eigenvalue weighted by Gasteiger charge is 2.26. The highest BCUT2D eigenvalue weighted by atomic mass is 32.1. The highest BCUT2D eigenvalue weighted by Crippen LogP contribution is 2.26. The van der Waals surface area contributed by atoms with Gasteiger partial charge in [0, 0.05) is 23.8 Å². The molecule has 0 radical (unpaired) electrons. The summed E-state index contributed by atoms with van der Waals surface area (Å²) in [7, 11) is 1.62. The summed E-state index contributed by atoms with van der Waals surface area (Å²) in [6, 6.07) is 16.6. The third-order valence-corrected chi connectivity index (χ3v) is 5.45. The van der Waals surface area contributed by atoms with Gasteiger partial charge >= 0.3 is 5.97 Å². The molecule has 0 bridgehead atoms. The van der Waals surface area contributed by atoms with Crippen molar-refractivity contribution in [2.24, 2.45) is 5.10 Å². The molecular formula is C22H19N3O4S. The normalized spacial score (nSPS) is 13.7. The SMILES string of the molecule is COc1ccc(-c2nc(COC(=O)C3=NN(c4ccccc4)C(=O)CC3)cs2)cc1. The molecule has 0 saturated heterocycles. The fraction of sp³-hybridized carbons (Fsp3) is 0.182. The first-order valence-corrected chi connectivity index (χ1v) is 10.2. The van der Waals surface area contributed by atoms with Crippen molar-refractivity contribution in [3.8, 4) is 16.3 Å². The van der Waals surface area contributed by atoms with Crippen LogP contribution in [-0.4, -0.2) is 29.7 Å². The quantitative estimate of drug-likeness (QED) is 0.561. The molecular weight excluding hydrogens is 402 g/mol. The van der Waals surface area contributed by atoms with Gasteiger partial charge in [0.1, 0.15) is 23.1 Å². The van der Waals surface area contributed by atoms with Gasteiger partial charge in [-0.15, -0.1) is 11.3 Å². The second-order valence-electron chi connectivity index (χ2n) is 6.54. The fourth-order valence-electron chi connectivity index (χ4n) is 2.93. The summed E-state index contributed by atoms with van der Waals surface area (Å²) in [5.74, 6) is 0.0876. The van der Waals surface area contributed by atoms with Crippen molar-refractivity contribution in [3.63, 3.8) is 0 Å². The molecule has 2 aromatic carbocycles. The Morgan fingerprint density at radius 1 is 1.10 bits per heavy atom. The molecule has 30 heavy (non-hydrogen) atoms. The van der Waals surface area contributed by atoms with Gasteiger partial charge in [-0.05, 0) is 36.4 Å². The highest BCUT2D eigenvalue weighted by molar-refractivity contribution is 7.13. The molecule has 0 fully saturated rings. The maximum Gasteiger partial charge on any atom is 0.354 e. The predicted octanol–water partition coefficient (Wildman–Crippen LogP) is 4.04. The van der Waals surface area contributed by atoms with E-state index >= 15 is 0 Å². The minimum absolute atomic E-state index is 0.0454. The van der Waals surface area contributed by atoms with Crippen LogP contribution in [0.15, 0.2) is 65.1 Å². The molecule has 1 aliphatic heterocycles. The van der Waals surface area contributed by atoms with Crippen molar-refractivity contribution in [1.29, 1.82) is 0 Å². The Bertz CT molecular complexity index is 1080. The molecule has 1 amide bonds. The first-order chi connectivity index (χ1) is 14.6. The van der Waals surface area contributed by atoms with Gasteiger partial charge in [-0.3, -0.25) is 4.79 Å². The number of hydrogen-bond donors (Lipinski definition) is 0. The zero-order chi connectivity index (χ0) is 20.9. The Labute approximate surface area is 177 Å². The third-order valence-electron chi connectivity index (χ3n) is 4.51. The van der Waals surface area contributed by atoms with Gasteiger partial charge in [-0.25, -0.2) is 14.8 Å². The smallest absolute Gasteiger partial charge is 0.354 e. The number of hydrogen-bond acceptors (Lipinski definition) is 7. The first-order valence-electron chi connectivity index (χ1n) is 9.35. The van der Waals surface area contributed by atoms with Crippen molar-refractivity contribution in [3.05, 3.63) is 65.7 Å². The van der Waals surface area contributed by atoms with E-state index in [1.165, 1.54) is 16.3 Å². The van der Waals surface area contributed by atoms with Crippen LogP contribution in [0.1, 0.15) is 18.5 Å². The number of hydrazone groups is 1. The van der Waals surface area contributed by atoms with Crippen molar-refractivity contribution in [2.45, 2.75) is 19.4 Å². The molecule has 152 valence electrons. The van der Waals surface area contributed by atoms with Crippen LogP contribution in [-0.2, 0) is 20.9 Å². The van der Waals surface area contributed by atoms with Gasteiger partial charge in [-0.2, -0.15) is 5.10 Å². The number of rotatable bonds is 6. The lowest BCUT2D eigenvalue weighted by Gasteiger charge is -2.22. The van der Waals surface area contributed by atoms with Gasteiger partial charge in [0.2, 0.25) is 5.91 Å². The minimum Gasteiger partial charge on any atom is -0.497 e. The van der Waals surface area contributed by atoms with E-state index < -0.39 is 5.97 Å². The number of thiazole rings is 1. The maximum atomic E-state index is 12.5. The number of aromatic nitrogens is 1. The maximum absolute atomic E-state index is 12.5. The van der Waals surface area contributed by atoms with Crippen molar-refractivity contribution in [2.75, 3.05) is 12.1 Å². The summed E-state index contributed by atoms with van der Waals surface area (Å²) in [6.45, 7) is 0.0454. The molecule has 2 heterocycles. The van der Waals surface area contributed by atoms with Gasteiger partial charge in [0.05, 0.1) is 18.5 Å². The standard InChI is InChI=1S/C22H19N3O4S/c1-28-18-9-7-15(8-10-18)21-23-16(14-30-21)13-29-22(27)19-11-12-20(26)25(24-19)17-5-3-2-4-6-17/h2-10,14H,11-13H2,1H3. The van der Waals surface area contributed by atoms with E-state index in [0.717, 1.165) is 16.3 Å². The fourth-order valence-corrected chi connectivity index (χ4v) is 3.74. The van der Waals surface area contributed by atoms with E-state index in [1.54, 1.807) is 19.2 Å². The zero-order valence-electron chi connectivity index (χ0n) is 16.3. The molecule has 1 aliphatic rings. The van der Waals surface area contributed by atoms with Gasteiger partial charge in [0.15, 0.2) is 0 Å². The number of amides is 1. The lowest BCUT2D eigenvalue weighted by molar-refractivity contribution is -0.137. The van der Waals surface area contributed by atoms with Gasteiger partial charge in [0.25, 0.3) is 0 Å². The summed E-state index contributed by atoms with van der Waals surface area (Å²) < 4.78 is 10.6. The largest absolute Gasteiger partial charge is 0.497 e. The molecule has 7 nitrogen and oxygen atoms in total. The molecule has 3 aromatic rings. The Hall–Kier alpha value is -3.52. The predicted molar refractivity (Wildman–Crippen MR) is 114 cm³/mol. The van der Waals surface area contributed by atoms with E-state index in [1.807, 2.05) is 47.8 Å². The van der Waals surface area contributed by atoms with Crippen LogP contribution >= 0.6 is 11.3 Å². The van der Waals surface area contributed by atoms with E-state index in [4.69, 9.17) is 9.47 Å². The Morgan fingerprint density at radius 3 is 2.60 bits per heavy atom. The van der Waals surface area contributed by atoms with E-state index in [-0.39, 0.29) is 31.1 Å². The second-order valence-corrected chi connectivity index (χ2v) is 7.39. The summed E-state index contributed by atoms with van der Waals surface area (Å²) in [6.07, 6.45) is 0.469. The minimum atomic E-state index is -0.539. The zero-order valence-corrected chi connectivity index (χ0v) is 17.1. The number of anilines is 1. The van der Waals surface area contributed by atoms with Gasteiger partial charge in [-0.1, -0.05) is 18.2 Å². The molecule has 8 heteroatoms. The first kappa shape index (κ1) is 19.8. The molecule has 0 spiro atoms. The molecule has 0 aliphatic carbocycles. The Kier molecular flexibility index (Phi) is 5.85.